The van der Waals surface area contributed by atoms with Gasteiger partial charge in [0.1, 0.15) is 0 Å². The van der Waals surface area contributed by atoms with E-state index in [1.54, 1.807) is 6.92 Å². The van der Waals surface area contributed by atoms with Crippen molar-refractivity contribution >= 4 is 0 Å². The molecule has 0 spiro atoms. The molecule has 4 nitrogen and oxygen atoms in total. The van der Waals surface area contributed by atoms with Gasteiger partial charge in [-0.1, -0.05) is 65.8 Å². The summed E-state index contributed by atoms with van der Waals surface area (Å²) in [5, 5.41) is 14.6. The minimum Gasteiger partial charge on any atom is -0.385 e. The highest BCUT2D eigenvalue weighted by Crippen LogP contribution is 2.25. The van der Waals surface area contributed by atoms with Gasteiger partial charge in [0, 0.05) is 5.56 Å². The number of aromatic nitrogens is 2. The van der Waals surface area contributed by atoms with E-state index in [4.69, 9.17) is 4.52 Å². The summed E-state index contributed by atoms with van der Waals surface area (Å²) in [6, 6.07) is 19.1. The van der Waals surface area contributed by atoms with E-state index in [0.717, 1.165) is 11.1 Å². The van der Waals surface area contributed by atoms with Crippen molar-refractivity contribution < 1.29 is 9.63 Å². The van der Waals surface area contributed by atoms with Gasteiger partial charge in [0.2, 0.25) is 11.7 Å². The van der Waals surface area contributed by atoms with Crippen LogP contribution in [0.2, 0.25) is 0 Å². The standard InChI is InChI=1S/C17H16N2O2/c1-17(20,14-10-6-3-7-11-14)12-15-18-16(19-21-15)13-8-4-2-5-9-13/h2-11,20H,12H2,1H3. The molecular weight excluding hydrogens is 264 g/mol. The van der Waals surface area contributed by atoms with Gasteiger partial charge in [-0.3, -0.25) is 0 Å². The second-order valence-corrected chi connectivity index (χ2v) is 5.19. The molecule has 2 aromatic carbocycles. The zero-order valence-corrected chi connectivity index (χ0v) is 11.7. The van der Waals surface area contributed by atoms with E-state index >= 15 is 0 Å². The molecule has 0 saturated heterocycles. The largest absolute Gasteiger partial charge is 0.385 e. The maximum Gasteiger partial charge on any atom is 0.230 e. The second kappa shape index (κ2) is 5.50. The Morgan fingerprint density at radius 3 is 2.29 bits per heavy atom. The lowest BCUT2D eigenvalue weighted by Gasteiger charge is -2.21. The predicted molar refractivity (Wildman–Crippen MR) is 79.5 cm³/mol. The lowest BCUT2D eigenvalue weighted by Crippen LogP contribution is -2.24. The van der Waals surface area contributed by atoms with Crippen LogP contribution in [-0.4, -0.2) is 15.2 Å². The van der Waals surface area contributed by atoms with Gasteiger partial charge in [-0.25, -0.2) is 0 Å². The molecule has 0 aliphatic rings. The molecule has 0 aliphatic heterocycles. The van der Waals surface area contributed by atoms with E-state index < -0.39 is 5.60 Å². The van der Waals surface area contributed by atoms with Crippen LogP contribution in [0.4, 0.5) is 0 Å². The van der Waals surface area contributed by atoms with Gasteiger partial charge < -0.3 is 9.63 Å². The predicted octanol–water partition coefficient (Wildman–Crippen LogP) is 3.19. The van der Waals surface area contributed by atoms with Crippen LogP contribution < -0.4 is 0 Å². The third-order valence-corrected chi connectivity index (χ3v) is 3.39. The number of nitrogens with zero attached hydrogens (tertiary/aromatic N) is 2. The van der Waals surface area contributed by atoms with Gasteiger partial charge in [0.05, 0.1) is 12.0 Å². The summed E-state index contributed by atoms with van der Waals surface area (Å²) in [5.41, 5.74) is 0.679. The lowest BCUT2D eigenvalue weighted by molar-refractivity contribution is 0.0490. The molecule has 0 amide bonds. The number of rotatable bonds is 4. The molecule has 3 rings (SSSR count). The summed E-state index contributed by atoms with van der Waals surface area (Å²) in [4.78, 5) is 4.35. The molecule has 1 unspecified atom stereocenters. The fourth-order valence-corrected chi connectivity index (χ4v) is 2.22. The van der Waals surface area contributed by atoms with E-state index in [2.05, 4.69) is 10.1 Å². The van der Waals surface area contributed by atoms with Crippen LogP contribution in [0, 0.1) is 0 Å². The van der Waals surface area contributed by atoms with E-state index in [1.807, 2.05) is 60.7 Å². The van der Waals surface area contributed by atoms with Crippen LogP contribution in [0.5, 0.6) is 0 Å². The Bertz CT molecular complexity index is 706. The maximum absolute atomic E-state index is 10.6. The highest BCUT2D eigenvalue weighted by Gasteiger charge is 2.26. The third kappa shape index (κ3) is 3.01. The molecular formula is C17H16N2O2. The van der Waals surface area contributed by atoms with Crippen molar-refractivity contribution in [3.05, 3.63) is 72.1 Å². The van der Waals surface area contributed by atoms with Crippen LogP contribution >= 0.6 is 0 Å². The number of hydrogen-bond donors (Lipinski definition) is 1. The lowest BCUT2D eigenvalue weighted by atomic mass is 9.93. The molecule has 106 valence electrons. The van der Waals surface area contributed by atoms with Gasteiger partial charge in [-0.15, -0.1) is 0 Å². The van der Waals surface area contributed by atoms with E-state index in [-0.39, 0.29) is 6.42 Å². The Labute approximate surface area is 123 Å². The molecule has 0 radical (unpaired) electrons. The minimum atomic E-state index is -1.04. The highest BCUT2D eigenvalue weighted by atomic mass is 16.5. The van der Waals surface area contributed by atoms with Gasteiger partial charge in [0.15, 0.2) is 0 Å². The average molecular weight is 280 g/mol. The summed E-state index contributed by atoms with van der Waals surface area (Å²) >= 11 is 0. The number of aliphatic hydroxyl groups is 1. The molecule has 4 heteroatoms. The zero-order chi connectivity index (χ0) is 14.7. The first kappa shape index (κ1) is 13.5. The molecule has 0 saturated carbocycles. The van der Waals surface area contributed by atoms with Crippen molar-refractivity contribution in [3.63, 3.8) is 0 Å². The Morgan fingerprint density at radius 1 is 1.00 bits per heavy atom. The van der Waals surface area contributed by atoms with Gasteiger partial charge in [0.25, 0.3) is 0 Å². The quantitative estimate of drug-likeness (QED) is 0.797. The van der Waals surface area contributed by atoms with Gasteiger partial charge in [-0.05, 0) is 12.5 Å². The van der Waals surface area contributed by atoms with Crippen molar-refractivity contribution in [3.8, 4) is 11.4 Å². The first-order valence-electron chi connectivity index (χ1n) is 6.81. The molecule has 1 heterocycles. The van der Waals surface area contributed by atoms with Crippen molar-refractivity contribution in [1.82, 2.24) is 10.1 Å². The minimum absolute atomic E-state index is 0.275. The zero-order valence-electron chi connectivity index (χ0n) is 11.7. The second-order valence-electron chi connectivity index (χ2n) is 5.19. The Morgan fingerprint density at radius 2 is 1.62 bits per heavy atom. The Kier molecular flexibility index (Phi) is 3.54. The van der Waals surface area contributed by atoms with E-state index in [9.17, 15) is 5.11 Å². The topological polar surface area (TPSA) is 59.2 Å². The summed E-state index contributed by atoms with van der Waals surface area (Å²) in [6.45, 7) is 1.74. The molecule has 21 heavy (non-hydrogen) atoms. The van der Waals surface area contributed by atoms with Crippen LogP contribution in [0.25, 0.3) is 11.4 Å². The highest BCUT2D eigenvalue weighted by molar-refractivity contribution is 5.53. The normalized spacial score (nSPS) is 13.8. The molecule has 1 N–H and O–H groups in total. The van der Waals surface area contributed by atoms with Crippen LogP contribution in [0.1, 0.15) is 18.4 Å². The molecule has 0 fully saturated rings. The van der Waals surface area contributed by atoms with Gasteiger partial charge in [-0.2, -0.15) is 4.98 Å². The van der Waals surface area contributed by atoms with Gasteiger partial charge >= 0.3 is 0 Å². The van der Waals surface area contributed by atoms with Crippen LogP contribution in [-0.2, 0) is 12.0 Å². The first-order valence-corrected chi connectivity index (χ1v) is 6.81. The van der Waals surface area contributed by atoms with Crippen LogP contribution in [0.15, 0.2) is 65.2 Å². The molecule has 0 aliphatic carbocycles. The molecule has 1 aromatic heterocycles. The SMILES string of the molecule is CC(O)(Cc1nc(-c2ccccc2)no1)c1ccccc1. The number of benzene rings is 2. The van der Waals surface area contributed by atoms with E-state index in [1.165, 1.54) is 0 Å². The number of hydrogen-bond acceptors (Lipinski definition) is 4. The summed E-state index contributed by atoms with van der Waals surface area (Å²) in [7, 11) is 0. The monoisotopic (exact) mass is 280 g/mol. The molecule has 3 aromatic rings. The van der Waals surface area contributed by atoms with Crippen molar-refractivity contribution in [2.24, 2.45) is 0 Å². The smallest absolute Gasteiger partial charge is 0.230 e. The van der Waals surface area contributed by atoms with Crippen molar-refractivity contribution in [2.75, 3.05) is 0 Å². The Balaban J connectivity index is 1.82. The fourth-order valence-electron chi connectivity index (χ4n) is 2.22. The third-order valence-electron chi connectivity index (χ3n) is 3.39. The summed E-state index contributed by atoms with van der Waals surface area (Å²) in [5.74, 6) is 0.956. The Hall–Kier alpha value is -2.46. The van der Waals surface area contributed by atoms with Crippen molar-refractivity contribution in [1.29, 1.82) is 0 Å². The van der Waals surface area contributed by atoms with E-state index in [0.29, 0.717) is 11.7 Å². The molecule has 1 atom stereocenters. The van der Waals surface area contributed by atoms with Crippen LogP contribution in [0.3, 0.4) is 0 Å². The average Bonchev–Trinajstić information content (AvgIpc) is 2.97. The summed E-state index contributed by atoms with van der Waals surface area (Å²) in [6.07, 6.45) is 0.275. The maximum atomic E-state index is 10.6. The first-order chi connectivity index (χ1) is 10.1. The fraction of sp³-hybridized carbons (Fsp3) is 0.176. The summed E-state index contributed by atoms with van der Waals surface area (Å²) < 4.78 is 5.26. The molecule has 0 bridgehead atoms. The van der Waals surface area contributed by atoms with Crippen molar-refractivity contribution in [2.45, 2.75) is 18.9 Å².